The normalized spacial score (nSPS) is 11.8. The van der Waals surface area contributed by atoms with Crippen LogP contribution in [0.1, 0.15) is 0 Å². The second-order valence-corrected chi connectivity index (χ2v) is 13.8. The summed E-state index contributed by atoms with van der Waals surface area (Å²) in [6.07, 6.45) is 0. The van der Waals surface area contributed by atoms with Crippen LogP contribution in [0.5, 0.6) is 0 Å². The molecule has 0 bridgehead atoms. The number of hydrogen-bond donors (Lipinski definition) is 0. The lowest BCUT2D eigenvalue weighted by molar-refractivity contribution is 1.18. The van der Waals surface area contributed by atoms with E-state index < -0.39 is 0 Å². The average Bonchev–Trinajstić information content (AvgIpc) is 3.75. The molecular formula is C50H33N3. The first-order chi connectivity index (χ1) is 26.3. The molecule has 0 radical (unpaired) electrons. The number of aromatic nitrogens is 2. The fraction of sp³-hybridized carbons (Fsp3) is 0. The fourth-order valence-corrected chi connectivity index (χ4v) is 8.48. The molecule has 0 unspecified atom stereocenters. The molecule has 3 nitrogen and oxygen atoms in total. The molecule has 0 amide bonds. The van der Waals surface area contributed by atoms with Gasteiger partial charge < -0.3 is 14.0 Å². The molecule has 0 aliphatic carbocycles. The van der Waals surface area contributed by atoms with Gasteiger partial charge in [0.1, 0.15) is 0 Å². The molecule has 11 rings (SSSR count). The van der Waals surface area contributed by atoms with Crippen LogP contribution < -0.4 is 4.90 Å². The molecule has 0 aliphatic heterocycles. The number of para-hydroxylation sites is 3. The fourth-order valence-electron chi connectivity index (χ4n) is 8.48. The van der Waals surface area contributed by atoms with E-state index in [9.17, 15) is 0 Å². The van der Waals surface area contributed by atoms with Crippen molar-refractivity contribution in [2.75, 3.05) is 4.90 Å². The summed E-state index contributed by atoms with van der Waals surface area (Å²) in [7, 11) is 0. The van der Waals surface area contributed by atoms with Crippen molar-refractivity contribution in [2.45, 2.75) is 0 Å². The Labute approximate surface area is 307 Å². The molecule has 0 atom stereocenters. The van der Waals surface area contributed by atoms with E-state index in [1.807, 2.05) is 0 Å². The number of benzene rings is 9. The van der Waals surface area contributed by atoms with Crippen molar-refractivity contribution < 1.29 is 0 Å². The Morgan fingerprint density at radius 3 is 1.47 bits per heavy atom. The van der Waals surface area contributed by atoms with Crippen LogP contribution in [-0.4, -0.2) is 9.13 Å². The van der Waals surface area contributed by atoms with E-state index in [0.29, 0.717) is 0 Å². The van der Waals surface area contributed by atoms with Gasteiger partial charge in [-0.1, -0.05) is 121 Å². The SMILES string of the molecule is c1ccc(N(c2ccc(-c3ccc(-n4c5cccc6ccc7cccc4c7c65)cc3)cc2)c2ccc3c4ccccc4n(-c4ccccc4)c3c2)cc1. The second kappa shape index (κ2) is 11.7. The number of nitrogens with zero attached hydrogens (tertiary/aromatic N) is 3. The maximum Gasteiger partial charge on any atom is 0.0561 e. The summed E-state index contributed by atoms with van der Waals surface area (Å²) >= 11 is 0. The first-order valence-corrected chi connectivity index (χ1v) is 18.2. The van der Waals surface area contributed by atoms with Gasteiger partial charge in [-0.25, -0.2) is 0 Å². The van der Waals surface area contributed by atoms with Gasteiger partial charge in [0.25, 0.3) is 0 Å². The standard InChI is InChI=1S/C50H33N3/c1-3-13-38(14-4-1)51(42-31-32-44-43-17-7-8-18-45(43)52(48(44)33-42)39-15-5-2-6-16-39)40-27-23-34(24-28-40)35-25-29-41(30-26-35)53-46-19-9-11-36-21-22-37-12-10-20-47(53)50(37)49(36)46/h1-33H. The Morgan fingerprint density at radius 1 is 0.302 bits per heavy atom. The highest BCUT2D eigenvalue weighted by Gasteiger charge is 2.19. The smallest absolute Gasteiger partial charge is 0.0561 e. The highest BCUT2D eigenvalue weighted by Crippen LogP contribution is 2.41. The molecule has 0 fully saturated rings. The van der Waals surface area contributed by atoms with Crippen LogP contribution >= 0.6 is 0 Å². The van der Waals surface area contributed by atoms with Crippen LogP contribution in [0.2, 0.25) is 0 Å². The summed E-state index contributed by atoms with van der Waals surface area (Å²) in [6.45, 7) is 0. The van der Waals surface area contributed by atoms with Crippen LogP contribution in [0.4, 0.5) is 17.1 Å². The molecule has 11 aromatic rings. The molecule has 2 aromatic heterocycles. The van der Waals surface area contributed by atoms with Gasteiger partial charge in [-0.3, -0.25) is 0 Å². The van der Waals surface area contributed by atoms with E-state index >= 15 is 0 Å². The summed E-state index contributed by atoms with van der Waals surface area (Å²) in [4.78, 5) is 2.35. The monoisotopic (exact) mass is 675 g/mol. The zero-order valence-corrected chi connectivity index (χ0v) is 28.9. The summed E-state index contributed by atoms with van der Waals surface area (Å²) in [6, 6.07) is 72.6. The van der Waals surface area contributed by atoms with E-state index in [4.69, 9.17) is 0 Å². The summed E-state index contributed by atoms with van der Waals surface area (Å²) < 4.78 is 4.79. The van der Waals surface area contributed by atoms with Crippen LogP contribution in [0.15, 0.2) is 200 Å². The predicted octanol–water partition coefficient (Wildman–Crippen LogP) is 13.6. The van der Waals surface area contributed by atoms with Gasteiger partial charge in [0.15, 0.2) is 0 Å². The molecule has 2 heterocycles. The quantitative estimate of drug-likeness (QED) is 0.160. The van der Waals surface area contributed by atoms with Crippen molar-refractivity contribution >= 4 is 71.4 Å². The third-order valence-electron chi connectivity index (χ3n) is 10.9. The Bertz CT molecular complexity index is 3010. The van der Waals surface area contributed by atoms with Gasteiger partial charge in [0, 0.05) is 50.0 Å². The van der Waals surface area contributed by atoms with E-state index in [1.165, 1.54) is 71.2 Å². The predicted molar refractivity (Wildman–Crippen MR) is 224 cm³/mol. The third-order valence-corrected chi connectivity index (χ3v) is 10.9. The van der Waals surface area contributed by atoms with Crippen molar-refractivity contribution in [3.8, 4) is 22.5 Å². The lowest BCUT2D eigenvalue weighted by atomic mass is 10.0. The third kappa shape index (κ3) is 4.61. The maximum atomic E-state index is 2.41. The zero-order valence-electron chi connectivity index (χ0n) is 28.9. The number of fused-ring (bicyclic) bond motifs is 3. The molecule has 0 N–H and O–H groups in total. The lowest BCUT2D eigenvalue weighted by Gasteiger charge is -2.26. The molecular weight excluding hydrogens is 643 g/mol. The minimum absolute atomic E-state index is 1.11. The van der Waals surface area contributed by atoms with Gasteiger partial charge in [-0.05, 0) is 101 Å². The first kappa shape index (κ1) is 29.6. The van der Waals surface area contributed by atoms with Crippen molar-refractivity contribution in [2.24, 2.45) is 0 Å². The van der Waals surface area contributed by atoms with Crippen LogP contribution in [0.3, 0.4) is 0 Å². The highest BCUT2D eigenvalue weighted by atomic mass is 15.1. The Hall–Kier alpha value is -7.10. The van der Waals surface area contributed by atoms with Crippen LogP contribution in [0.25, 0.3) is 76.9 Å². The molecule has 0 saturated carbocycles. The number of anilines is 3. The van der Waals surface area contributed by atoms with Crippen molar-refractivity contribution in [3.63, 3.8) is 0 Å². The summed E-state index contributed by atoms with van der Waals surface area (Å²) in [5.74, 6) is 0. The van der Waals surface area contributed by atoms with Gasteiger partial charge in [0.2, 0.25) is 0 Å². The Balaban J connectivity index is 0.990. The van der Waals surface area contributed by atoms with Crippen LogP contribution in [0, 0.1) is 0 Å². The molecule has 0 aliphatic rings. The van der Waals surface area contributed by atoms with E-state index in [0.717, 1.165) is 22.7 Å². The molecule has 0 saturated heterocycles. The maximum absolute atomic E-state index is 2.41. The largest absolute Gasteiger partial charge is 0.310 e. The van der Waals surface area contributed by atoms with Crippen molar-refractivity contribution in [1.82, 2.24) is 9.13 Å². The average molecular weight is 676 g/mol. The number of rotatable bonds is 6. The van der Waals surface area contributed by atoms with Crippen molar-refractivity contribution in [1.29, 1.82) is 0 Å². The van der Waals surface area contributed by atoms with Gasteiger partial charge in [0.05, 0.1) is 22.1 Å². The first-order valence-electron chi connectivity index (χ1n) is 18.2. The van der Waals surface area contributed by atoms with E-state index in [2.05, 4.69) is 214 Å². The van der Waals surface area contributed by atoms with E-state index in [1.54, 1.807) is 0 Å². The molecule has 9 aromatic carbocycles. The Kier molecular flexibility index (Phi) is 6.55. The van der Waals surface area contributed by atoms with Gasteiger partial charge in [-0.15, -0.1) is 0 Å². The highest BCUT2D eigenvalue weighted by molar-refractivity contribution is 6.24. The minimum atomic E-state index is 1.11. The zero-order chi connectivity index (χ0) is 34.9. The Morgan fingerprint density at radius 2 is 0.792 bits per heavy atom. The summed E-state index contributed by atoms with van der Waals surface area (Å²) in [5.41, 5.74) is 12.9. The van der Waals surface area contributed by atoms with E-state index in [-0.39, 0.29) is 0 Å². The summed E-state index contributed by atoms with van der Waals surface area (Å²) in [5, 5.41) is 7.73. The van der Waals surface area contributed by atoms with Gasteiger partial charge >= 0.3 is 0 Å². The van der Waals surface area contributed by atoms with Crippen LogP contribution in [-0.2, 0) is 0 Å². The lowest BCUT2D eigenvalue weighted by Crippen LogP contribution is -2.10. The molecule has 248 valence electrons. The topological polar surface area (TPSA) is 13.1 Å². The van der Waals surface area contributed by atoms with Crippen molar-refractivity contribution in [3.05, 3.63) is 200 Å². The molecule has 3 heteroatoms. The second-order valence-electron chi connectivity index (χ2n) is 13.8. The minimum Gasteiger partial charge on any atom is -0.310 e. The molecule has 0 spiro atoms. The van der Waals surface area contributed by atoms with Gasteiger partial charge in [-0.2, -0.15) is 0 Å². The molecule has 53 heavy (non-hydrogen) atoms. The number of hydrogen-bond acceptors (Lipinski definition) is 1.